The predicted octanol–water partition coefficient (Wildman–Crippen LogP) is 4.71. The molecule has 9 heteroatoms. The maximum absolute atomic E-state index is 12.5. The van der Waals surface area contributed by atoms with Crippen LogP contribution >= 0.6 is 23.4 Å². The van der Waals surface area contributed by atoms with E-state index in [2.05, 4.69) is 10.2 Å². The number of hydrogen-bond donors (Lipinski definition) is 0. The molecule has 2 aromatic heterocycles. The van der Waals surface area contributed by atoms with Crippen LogP contribution in [0.4, 0.5) is 13.2 Å². The van der Waals surface area contributed by atoms with Crippen LogP contribution in [0.1, 0.15) is 0 Å². The van der Waals surface area contributed by atoms with Gasteiger partial charge in [-0.15, -0.1) is 10.2 Å². The molecule has 0 aliphatic rings. The summed E-state index contributed by atoms with van der Waals surface area (Å²) in [5, 5.41) is 9.22. The van der Waals surface area contributed by atoms with E-state index < -0.39 is 12.8 Å². The zero-order valence-electron chi connectivity index (χ0n) is 12.3. The second-order valence-corrected chi connectivity index (χ2v) is 6.05. The third kappa shape index (κ3) is 3.44. The average Bonchev–Trinajstić information content (AvgIpc) is 3.01. The SMILES string of the molecule is CSc1nnc(-c2ccc(Cl)cc2OCC(F)(F)F)c2cccn12. The molecule has 0 bridgehead atoms. The lowest BCUT2D eigenvalue weighted by atomic mass is 10.1. The van der Waals surface area contributed by atoms with Crippen LogP contribution in [-0.2, 0) is 0 Å². The highest BCUT2D eigenvalue weighted by atomic mass is 35.5. The number of aromatic nitrogens is 3. The van der Waals surface area contributed by atoms with Crippen molar-refractivity contribution in [3.05, 3.63) is 41.6 Å². The molecule has 0 aliphatic heterocycles. The fraction of sp³-hybridized carbons (Fsp3) is 0.200. The fourth-order valence-corrected chi connectivity index (χ4v) is 2.88. The van der Waals surface area contributed by atoms with Crippen LogP contribution in [0.2, 0.25) is 5.02 Å². The first-order valence-electron chi connectivity index (χ1n) is 6.76. The summed E-state index contributed by atoms with van der Waals surface area (Å²) in [5.74, 6) is 0.00845. The lowest BCUT2D eigenvalue weighted by Crippen LogP contribution is -2.19. The van der Waals surface area contributed by atoms with Crippen LogP contribution in [0.15, 0.2) is 41.7 Å². The van der Waals surface area contributed by atoms with Crippen molar-refractivity contribution in [2.24, 2.45) is 0 Å². The molecule has 24 heavy (non-hydrogen) atoms. The summed E-state index contributed by atoms with van der Waals surface area (Å²) in [4.78, 5) is 0. The van der Waals surface area contributed by atoms with E-state index in [0.717, 1.165) is 0 Å². The molecule has 0 N–H and O–H groups in total. The molecule has 0 saturated heterocycles. The van der Waals surface area contributed by atoms with Gasteiger partial charge in [0.15, 0.2) is 11.8 Å². The molecule has 0 aliphatic carbocycles. The Kier molecular flexibility index (Phi) is 4.60. The van der Waals surface area contributed by atoms with Crippen LogP contribution in [0.25, 0.3) is 16.8 Å². The molecular formula is C15H11ClF3N3OS. The zero-order valence-corrected chi connectivity index (χ0v) is 13.9. The van der Waals surface area contributed by atoms with Gasteiger partial charge < -0.3 is 4.74 Å². The highest BCUT2D eigenvalue weighted by Crippen LogP contribution is 2.35. The van der Waals surface area contributed by atoms with Crippen molar-refractivity contribution in [1.29, 1.82) is 0 Å². The van der Waals surface area contributed by atoms with E-state index in [1.54, 1.807) is 12.1 Å². The smallest absolute Gasteiger partial charge is 0.422 e. The van der Waals surface area contributed by atoms with Crippen molar-refractivity contribution in [3.8, 4) is 17.0 Å². The van der Waals surface area contributed by atoms with Gasteiger partial charge in [0.2, 0.25) is 0 Å². The van der Waals surface area contributed by atoms with Crippen molar-refractivity contribution in [1.82, 2.24) is 14.6 Å². The van der Waals surface area contributed by atoms with Crippen molar-refractivity contribution < 1.29 is 17.9 Å². The molecule has 0 saturated carbocycles. The van der Waals surface area contributed by atoms with E-state index in [9.17, 15) is 13.2 Å². The van der Waals surface area contributed by atoms with E-state index in [0.29, 0.717) is 21.9 Å². The van der Waals surface area contributed by atoms with Gasteiger partial charge in [-0.25, -0.2) is 0 Å². The predicted molar refractivity (Wildman–Crippen MR) is 86.8 cm³/mol. The molecule has 0 unspecified atom stereocenters. The monoisotopic (exact) mass is 373 g/mol. The molecule has 3 rings (SSSR count). The van der Waals surface area contributed by atoms with Crippen LogP contribution in [-0.4, -0.2) is 33.6 Å². The number of fused-ring (bicyclic) bond motifs is 1. The lowest BCUT2D eigenvalue weighted by Gasteiger charge is -2.14. The van der Waals surface area contributed by atoms with Crippen LogP contribution < -0.4 is 4.74 Å². The number of benzene rings is 1. The Morgan fingerprint density at radius 1 is 1.25 bits per heavy atom. The zero-order chi connectivity index (χ0) is 17.3. The summed E-state index contributed by atoms with van der Waals surface area (Å²) in [5.41, 5.74) is 1.53. The van der Waals surface area contributed by atoms with Gasteiger partial charge in [0, 0.05) is 16.8 Å². The summed E-state index contributed by atoms with van der Waals surface area (Å²) in [6.45, 7) is -1.41. The molecule has 0 atom stereocenters. The number of ether oxygens (including phenoxy) is 1. The van der Waals surface area contributed by atoms with Gasteiger partial charge in [-0.3, -0.25) is 4.40 Å². The van der Waals surface area contributed by atoms with Gasteiger partial charge in [0.1, 0.15) is 11.4 Å². The number of hydrogen-bond acceptors (Lipinski definition) is 4. The first-order chi connectivity index (χ1) is 11.4. The molecule has 0 fully saturated rings. The van der Waals surface area contributed by atoms with Gasteiger partial charge in [-0.1, -0.05) is 23.4 Å². The Balaban J connectivity index is 2.11. The molecule has 4 nitrogen and oxygen atoms in total. The Morgan fingerprint density at radius 2 is 2.04 bits per heavy atom. The third-order valence-electron chi connectivity index (χ3n) is 3.21. The van der Waals surface area contributed by atoms with Crippen molar-refractivity contribution in [2.75, 3.05) is 12.9 Å². The van der Waals surface area contributed by atoms with Gasteiger partial charge >= 0.3 is 6.18 Å². The molecule has 3 aromatic rings. The maximum Gasteiger partial charge on any atom is 0.422 e. The van der Waals surface area contributed by atoms with Gasteiger partial charge in [0.25, 0.3) is 0 Å². The number of rotatable bonds is 4. The van der Waals surface area contributed by atoms with Crippen molar-refractivity contribution in [3.63, 3.8) is 0 Å². The molecule has 2 heterocycles. The summed E-state index contributed by atoms with van der Waals surface area (Å²) in [7, 11) is 0. The van der Waals surface area contributed by atoms with Crippen LogP contribution in [0, 0.1) is 0 Å². The summed E-state index contributed by atoms with van der Waals surface area (Å²) in [6, 6.07) is 8.11. The van der Waals surface area contributed by atoms with E-state index >= 15 is 0 Å². The number of thioether (sulfide) groups is 1. The first-order valence-corrected chi connectivity index (χ1v) is 8.36. The summed E-state index contributed by atoms with van der Waals surface area (Å²) < 4.78 is 44.2. The fourth-order valence-electron chi connectivity index (χ4n) is 2.23. The molecule has 1 aromatic carbocycles. The quantitative estimate of drug-likeness (QED) is 0.621. The molecule has 126 valence electrons. The van der Waals surface area contributed by atoms with Crippen molar-refractivity contribution in [2.45, 2.75) is 11.3 Å². The maximum atomic E-state index is 12.5. The van der Waals surface area contributed by atoms with Gasteiger partial charge in [-0.05, 0) is 36.6 Å². The number of alkyl halides is 3. The summed E-state index contributed by atoms with van der Waals surface area (Å²) in [6.07, 6.45) is -0.771. The van der Waals surface area contributed by atoms with E-state index in [-0.39, 0.29) is 10.8 Å². The lowest BCUT2D eigenvalue weighted by molar-refractivity contribution is -0.153. The minimum absolute atomic E-state index is 0.00845. The van der Waals surface area contributed by atoms with Crippen LogP contribution in [0.3, 0.4) is 0 Å². The number of halogens is 4. The molecular weight excluding hydrogens is 363 g/mol. The van der Waals surface area contributed by atoms with E-state index in [4.69, 9.17) is 16.3 Å². The largest absolute Gasteiger partial charge is 0.483 e. The number of nitrogens with zero attached hydrogens (tertiary/aromatic N) is 3. The van der Waals surface area contributed by atoms with Gasteiger partial charge in [-0.2, -0.15) is 13.2 Å². The second kappa shape index (κ2) is 6.52. The Bertz CT molecular complexity index is 882. The first kappa shape index (κ1) is 16.9. The standard InChI is InChI=1S/C15H11ClF3N3OS/c1-24-14-21-20-13(11-3-2-6-22(11)14)10-5-4-9(16)7-12(10)23-8-15(17,18)19/h2-7H,8H2,1H3. The Hall–Kier alpha value is -1.93. The normalized spacial score (nSPS) is 11.9. The van der Waals surface area contributed by atoms with E-state index in [1.807, 2.05) is 29.0 Å². The van der Waals surface area contributed by atoms with Crippen LogP contribution in [0.5, 0.6) is 5.75 Å². The Morgan fingerprint density at radius 3 is 2.75 bits per heavy atom. The van der Waals surface area contributed by atoms with Gasteiger partial charge in [0.05, 0.1) is 5.52 Å². The average molecular weight is 374 g/mol. The Labute approximate surface area is 144 Å². The molecule has 0 spiro atoms. The third-order valence-corrected chi connectivity index (χ3v) is 4.08. The minimum atomic E-state index is -4.45. The summed E-state index contributed by atoms with van der Waals surface area (Å²) >= 11 is 7.31. The highest BCUT2D eigenvalue weighted by molar-refractivity contribution is 7.98. The minimum Gasteiger partial charge on any atom is -0.483 e. The van der Waals surface area contributed by atoms with Crippen molar-refractivity contribution >= 4 is 28.9 Å². The second-order valence-electron chi connectivity index (χ2n) is 4.84. The topological polar surface area (TPSA) is 39.4 Å². The van der Waals surface area contributed by atoms with E-state index in [1.165, 1.54) is 17.8 Å². The molecule has 0 amide bonds. The highest BCUT2D eigenvalue weighted by Gasteiger charge is 2.29. The molecule has 0 radical (unpaired) electrons.